The van der Waals surface area contributed by atoms with Crippen LogP contribution >= 0.6 is 11.6 Å². The Labute approximate surface area is 242 Å². The fourth-order valence-electron chi connectivity index (χ4n) is 4.71. The molecule has 0 aliphatic carbocycles. The van der Waals surface area contributed by atoms with Crippen molar-refractivity contribution in [2.45, 2.75) is 32.1 Å². The van der Waals surface area contributed by atoms with E-state index in [1.165, 1.54) is 42.6 Å². The standard InChI is InChI=1S/C30H22ClF3N4O4/c31-19-4-3-18(23(33)13-19)15-42-26-7-9-35-29(37-26)17-2-1-16(22(32)11-17)12-25-36-24-6-5-21(30(39)40)27(34)28(24)38(25)14-20-8-10-41-20/h1-7,9,11,13,20H,8,10,12,14-15H2,(H,39,40)/t20-/m0/s1. The summed E-state index contributed by atoms with van der Waals surface area (Å²) in [4.78, 5) is 24.5. The van der Waals surface area contributed by atoms with Gasteiger partial charge in [0.05, 0.1) is 23.7 Å². The van der Waals surface area contributed by atoms with E-state index >= 15 is 8.78 Å². The van der Waals surface area contributed by atoms with Crippen molar-refractivity contribution in [3.8, 4) is 17.3 Å². The number of hydrogen-bond donors (Lipinski definition) is 1. The maximum atomic E-state index is 15.4. The number of hydrogen-bond acceptors (Lipinski definition) is 6. The topological polar surface area (TPSA) is 99.4 Å². The molecule has 0 saturated carbocycles. The summed E-state index contributed by atoms with van der Waals surface area (Å²) in [5, 5.41) is 9.66. The van der Waals surface area contributed by atoms with Gasteiger partial charge in [-0.15, -0.1) is 0 Å². The lowest BCUT2D eigenvalue weighted by Gasteiger charge is -2.27. The maximum absolute atomic E-state index is 15.4. The summed E-state index contributed by atoms with van der Waals surface area (Å²) in [6.45, 7) is 0.748. The van der Waals surface area contributed by atoms with E-state index in [1.807, 2.05) is 0 Å². The van der Waals surface area contributed by atoms with Crippen molar-refractivity contribution in [2.24, 2.45) is 0 Å². The van der Waals surface area contributed by atoms with Gasteiger partial charge in [-0.2, -0.15) is 4.98 Å². The van der Waals surface area contributed by atoms with Crippen LogP contribution in [0.15, 0.2) is 60.8 Å². The van der Waals surface area contributed by atoms with Gasteiger partial charge in [-0.3, -0.25) is 0 Å². The first-order chi connectivity index (χ1) is 20.3. The van der Waals surface area contributed by atoms with Crippen LogP contribution in [-0.2, 0) is 24.3 Å². The van der Waals surface area contributed by atoms with E-state index in [4.69, 9.17) is 21.1 Å². The molecule has 1 saturated heterocycles. The van der Waals surface area contributed by atoms with Gasteiger partial charge in [-0.25, -0.2) is 27.9 Å². The first-order valence-electron chi connectivity index (χ1n) is 13.0. The quantitative estimate of drug-likeness (QED) is 0.216. The highest BCUT2D eigenvalue weighted by atomic mass is 35.5. The van der Waals surface area contributed by atoms with Crippen LogP contribution < -0.4 is 4.74 Å². The molecule has 0 spiro atoms. The average molecular weight is 595 g/mol. The molecule has 3 heterocycles. The molecule has 5 aromatic rings. The summed E-state index contributed by atoms with van der Waals surface area (Å²) < 4.78 is 57.4. The molecule has 8 nitrogen and oxygen atoms in total. The number of benzene rings is 3. The molecule has 1 fully saturated rings. The molecule has 6 rings (SSSR count). The zero-order valence-corrected chi connectivity index (χ0v) is 22.6. The first kappa shape index (κ1) is 27.7. The number of nitrogens with zero attached hydrogens (tertiary/aromatic N) is 4. The summed E-state index contributed by atoms with van der Waals surface area (Å²) >= 11 is 5.79. The Morgan fingerprint density at radius 3 is 2.55 bits per heavy atom. The number of aromatic carboxylic acids is 1. The maximum Gasteiger partial charge on any atom is 0.338 e. The van der Waals surface area contributed by atoms with Gasteiger partial charge < -0.3 is 19.1 Å². The number of halogens is 4. The Kier molecular flexibility index (Phi) is 7.53. The second-order valence-corrected chi connectivity index (χ2v) is 10.2. The number of carboxylic acids is 1. The van der Waals surface area contributed by atoms with Crippen LogP contribution in [0, 0.1) is 17.5 Å². The monoisotopic (exact) mass is 594 g/mol. The number of aromatic nitrogens is 4. The zero-order chi connectivity index (χ0) is 29.4. The smallest absolute Gasteiger partial charge is 0.338 e. The third-order valence-electron chi connectivity index (χ3n) is 7.02. The van der Waals surface area contributed by atoms with Gasteiger partial charge in [0.25, 0.3) is 0 Å². The minimum absolute atomic E-state index is 0.0199. The summed E-state index contributed by atoms with van der Waals surface area (Å²) in [6.07, 6.45) is 2.06. The number of ether oxygens (including phenoxy) is 2. The summed E-state index contributed by atoms with van der Waals surface area (Å²) in [7, 11) is 0. The predicted octanol–water partition coefficient (Wildman–Crippen LogP) is 6.22. The van der Waals surface area contributed by atoms with Gasteiger partial charge >= 0.3 is 5.97 Å². The third-order valence-corrected chi connectivity index (χ3v) is 7.25. The molecule has 0 radical (unpaired) electrons. The van der Waals surface area contributed by atoms with E-state index < -0.39 is 29.0 Å². The molecule has 12 heteroatoms. The van der Waals surface area contributed by atoms with Crippen molar-refractivity contribution < 1.29 is 32.5 Å². The van der Waals surface area contributed by atoms with Crippen molar-refractivity contribution in [1.82, 2.24) is 19.5 Å². The molecule has 1 aliphatic heterocycles. The molecule has 42 heavy (non-hydrogen) atoms. The van der Waals surface area contributed by atoms with Crippen molar-refractivity contribution >= 4 is 28.6 Å². The molecular formula is C30H22ClF3N4O4. The molecule has 0 bridgehead atoms. The summed E-state index contributed by atoms with van der Waals surface area (Å²) in [5.74, 6) is -2.61. The molecule has 1 N–H and O–H groups in total. The molecular weight excluding hydrogens is 573 g/mol. The van der Waals surface area contributed by atoms with Gasteiger partial charge in [0, 0.05) is 41.4 Å². The van der Waals surface area contributed by atoms with E-state index in [1.54, 1.807) is 22.8 Å². The number of carbonyl (C=O) groups is 1. The lowest BCUT2D eigenvalue weighted by molar-refractivity contribution is -0.0590. The highest BCUT2D eigenvalue weighted by molar-refractivity contribution is 6.30. The van der Waals surface area contributed by atoms with E-state index in [2.05, 4.69) is 15.0 Å². The first-order valence-corrected chi connectivity index (χ1v) is 13.4. The minimum Gasteiger partial charge on any atom is -0.478 e. The van der Waals surface area contributed by atoms with E-state index in [9.17, 15) is 14.3 Å². The van der Waals surface area contributed by atoms with Crippen LogP contribution in [0.5, 0.6) is 5.88 Å². The molecule has 0 unspecified atom stereocenters. The number of fused-ring (bicyclic) bond motifs is 1. The molecule has 3 aromatic carbocycles. The number of rotatable bonds is 9. The van der Waals surface area contributed by atoms with Crippen molar-refractivity contribution in [3.63, 3.8) is 0 Å². The van der Waals surface area contributed by atoms with Crippen LogP contribution in [0.1, 0.15) is 33.7 Å². The van der Waals surface area contributed by atoms with E-state index in [0.29, 0.717) is 23.6 Å². The minimum atomic E-state index is -1.39. The number of imidazole rings is 1. The SMILES string of the molecule is O=C(O)c1ccc2nc(Cc3ccc(-c4nccc(OCc5ccc(Cl)cc5F)n4)cc3F)n(C[C@@H]3CCO3)c2c1F. The Morgan fingerprint density at radius 1 is 1.05 bits per heavy atom. The Balaban J connectivity index is 1.26. The van der Waals surface area contributed by atoms with Crippen LogP contribution in [0.4, 0.5) is 13.2 Å². The molecule has 1 atom stereocenters. The predicted molar refractivity (Wildman–Crippen MR) is 147 cm³/mol. The summed E-state index contributed by atoms with van der Waals surface area (Å²) in [6, 6.07) is 12.9. The van der Waals surface area contributed by atoms with Gasteiger partial charge in [0.1, 0.15) is 29.6 Å². The lowest BCUT2D eigenvalue weighted by Crippen LogP contribution is -2.32. The fraction of sp³-hybridized carbons (Fsp3) is 0.200. The van der Waals surface area contributed by atoms with Gasteiger partial charge in [-0.05, 0) is 42.3 Å². The van der Waals surface area contributed by atoms with Crippen LogP contribution in [0.2, 0.25) is 5.02 Å². The zero-order valence-electron chi connectivity index (χ0n) is 21.9. The molecule has 0 amide bonds. The van der Waals surface area contributed by atoms with Crippen LogP contribution in [0.25, 0.3) is 22.4 Å². The largest absolute Gasteiger partial charge is 0.478 e. The molecule has 214 valence electrons. The van der Waals surface area contributed by atoms with Crippen molar-refractivity contribution in [3.05, 3.63) is 106 Å². The van der Waals surface area contributed by atoms with Gasteiger partial charge in [0.2, 0.25) is 5.88 Å². The Morgan fingerprint density at radius 2 is 1.83 bits per heavy atom. The molecule has 1 aliphatic rings. The Bertz CT molecular complexity index is 1830. The second-order valence-electron chi connectivity index (χ2n) is 9.75. The van der Waals surface area contributed by atoms with Crippen LogP contribution in [0.3, 0.4) is 0 Å². The lowest BCUT2D eigenvalue weighted by atomic mass is 10.1. The van der Waals surface area contributed by atoms with Crippen molar-refractivity contribution in [1.29, 1.82) is 0 Å². The highest BCUT2D eigenvalue weighted by Gasteiger charge is 2.26. The van der Waals surface area contributed by atoms with Gasteiger partial charge in [-0.1, -0.05) is 29.8 Å². The number of carboxylic acid groups (broad SMARTS) is 1. The molecule has 2 aromatic heterocycles. The Hall–Kier alpha value is -4.48. The van der Waals surface area contributed by atoms with Crippen LogP contribution in [-0.4, -0.2) is 43.3 Å². The van der Waals surface area contributed by atoms with Crippen molar-refractivity contribution in [2.75, 3.05) is 6.61 Å². The van der Waals surface area contributed by atoms with E-state index in [-0.39, 0.29) is 59.0 Å². The second kappa shape index (κ2) is 11.4. The summed E-state index contributed by atoms with van der Waals surface area (Å²) in [5.41, 5.74) is 0.810. The average Bonchev–Trinajstić information content (AvgIpc) is 3.29. The van der Waals surface area contributed by atoms with Gasteiger partial charge in [0.15, 0.2) is 11.6 Å². The van der Waals surface area contributed by atoms with E-state index in [0.717, 1.165) is 6.42 Å². The highest BCUT2D eigenvalue weighted by Crippen LogP contribution is 2.28. The third kappa shape index (κ3) is 5.53. The fourth-order valence-corrected chi connectivity index (χ4v) is 4.87. The normalized spacial score (nSPS) is 14.6.